The van der Waals surface area contributed by atoms with E-state index in [0.717, 1.165) is 24.5 Å². The van der Waals surface area contributed by atoms with Crippen LogP contribution >= 0.6 is 0 Å². The Labute approximate surface area is 64.2 Å². The first kappa shape index (κ1) is 6.33. The first-order chi connectivity index (χ1) is 5.27. The van der Waals surface area contributed by atoms with Gasteiger partial charge < -0.3 is 10.6 Å². The quantitative estimate of drug-likeness (QED) is 0.538. The molecular weight excluding hydrogens is 142 g/mol. The van der Waals surface area contributed by atoms with Gasteiger partial charge in [-0.05, 0) is 0 Å². The van der Waals surface area contributed by atoms with E-state index < -0.39 is 0 Å². The van der Waals surface area contributed by atoms with Crippen LogP contribution in [0.5, 0.6) is 0 Å². The molecule has 0 saturated carbocycles. The Morgan fingerprint density at radius 2 is 2.27 bits per heavy atom. The van der Waals surface area contributed by atoms with E-state index >= 15 is 0 Å². The summed E-state index contributed by atoms with van der Waals surface area (Å²) in [4.78, 5) is 6.09. The Kier molecular flexibility index (Phi) is 1.18. The zero-order valence-electron chi connectivity index (χ0n) is 6.28. The lowest BCUT2D eigenvalue weighted by Crippen LogP contribution is -2.14. The predicted molar refractivity (Wildman–Crippen MR) is 41.2 cm³/mol. The Morgan fingerprint density at radius 1 is 1.45 bits per heavy atom. The van der Waals surface area contributed by atoms with Crippen molar-refractivity contribution < 1.29 is 0 Å². The van der Waals surface area contributed by atoms with Crippen LogP contribution in [0.25, 0.3) is 0 Å². The number of hydrogen-bond donors (Lipinski definition) is 1. The minimum absolute atomic E-state index is 0.263. The fourth-order valence-corrected chi connectivity index (χ4v) is 1.21. The molecule has 2 heterocycles. The van der Waals surface area contributed by atoms with Gasteiger partial charge in [-0.2, -0.15) is 0 Å². The molecular formula is C6H9N5. The lowest BCUT2D eigenvalue weighted by Gasteiger charge is -2.07. The number of nitrogens with two attached hydrogens (primary N) is 1. The van der Waals surface area contributed by atoms with E-state index in [0.29, 0.717) is 0 Å². The van der Waals surface area contributed by atoms with Crippen LogP contribution in [0.4, 0.5) is 11.8 Å². The van der Waals surface area contributed by atoms with Crippen LogP contribution in [0.2, 0.25) is 0 Å². The summed E-state index contributed by atoms with van der Waals surface area (Å²) in [5.74, 6) is 1.12. The molecule has 1 aliphatic rings. The van der Waals surface area contributed by atoms with Gasteiger partial charge in [0.2, 0.25) is 5.95 Å². The molecule has 5 heteroatoms. The summed E-state index contributed by atoms with van der Waals surface area (Å²) in [6.07, 6.45) is 0.922. The Hall–Kier alpha value is -1.39. The van der Waals surface area contributed by atoms with Gasteiger partial charge in [0.25, 0.3) is 0 Å². The summed E-state index contributed by atoms with van der Waals surface area (Å²) in [5, 5.41) is 7.60. The topological polar surface area (TPSA) is 67.9 Å². The van der Waals surface area contributed by atoms with Gasteiger partial charge in [0.1, 0.15) is 0 Å². The number of aromatic nitrogens is 3. The lowest BCUT2D eigenvalue weighted by molar-refractivity contribution is 0.927. The first-order valence-electron chi connectivity index (χ1n) is 3.47. The van der Waals surface area contributed by atoms with E-state index in [-0.39, 0.29) is 5.95 Å². The molecule has 0 radical (unpaired) electrons. The second kappa shape index (κ2) is 2.05. The van der Waals surface area contributed by atoms with Crippen LogP contribution in [-0.2, 0) is 6.42 Å². The predicted octanol–water partition coefficient (Wildman–Crippen LogP) is -0.554. The highest BCUT2D eigenvalue weighted by atomic mass is 15.3. The largest absolute Gasteiger partial charge is 0.366 e. The van der Waals surface area contributed by atoms with Crippen molar-refractivity contribution in [2.24, 2.45) is 0 Å². The average Bonchev–Trinajstić information content (AvgIpc) is 2.32. The van der Waals surface area contributed by atoms with Crippen LogP contribution in [0.15, 0.2) is 0 Å². The molecule has 0 fully saturated rings. The molecule has 0 spiro atoms. The maximum Gasteiger partial charge on any atom is 0.240 e. The molecule has 0 bridgehead atoms. The van der Waals surface area contributed by atoms with Crippen molar-refractivity contribution in [3.05, 3.63) is 5.69 Å². The molecule has 58 valence electrons. The van der Waals surface area contributed by atoms with Crippen molar-refractivity contribution in [2.75, 3.05) is 24.2 Å². The van der Waals surface area contributed by atoms with Crippen LogP contribution < -0.4 is 10.6 Å². The van der Waals surface area contributed by atoms with Gasteiger partial charge in [-0.1, -0.05) is 0 Å². The average molecular weight is 151 g/mol. The van der Waals surface area contributed by atoms with Gasteiger partial charge in [-0.25, -0.2) is 4.98 Å². The summed E-state index contributed by atoms with van der Waals surface area (Å²) in [5.41, 5.74) is 6.33. The molecule has 1 aromatic heterocycles. The van der Waals surface area contributed by atoms with Crippen LogP contribution in [0.3, 0.4) is 0 Å². The second-order valence-electron chi connectivity index (χ2n) is 2.61. The number of rotatable bonds is 0. The highest BCUT2D eigenvalue weighted by molar-refractivity contribution is 5.47. The zero-order chi connectivity index (χ0) is 7.84. The van der Waals surface area contributed by atoms with Gasteiger partial charge in [0, 0.05) is 20.0 Å². The third-order valence-corrected chi connectivity index (χ3v) is 1.80. The number of nitrogen functional groups attached to an aromatic ring is 1. The number of hydrogen-bond acceptors (Lipinski definition) is 5. The molecule has 0 saturated heterocycles. The van der Waals surface area contributed by atoms with E-state index in [9.17, 15) is 0 Å². The summed E-state index contributed by atoms with van der Waals surface area (Å²) >= 11 is 0. The maximum atomic E-state index is 5.37. The monoisotopic (exact) mass is 151 g/mol. The van der Waals surface area contributed by atoms with Gasteiger partial charge in [0.15, 0.2) is 5.82 Å². The molecule has 0 aliphatic carbocycles. The van der Waals surface area contributed by atoms with Gasteiger partial charge in [0.05, 0.1) is 5.69 Å². The van der Waals surface area contributed by atoms with E-state index in [1.165, 1.54) is 0 Å². The number of nitrogens with zero attached hydrogens (tertiary/aromatic N) is 4. The molecule has 1 aromatic rings. The molecule has 2 rings (SSSR count). The van der Waals surface area contributed by atoms with Crippen molar-refractivity contribution in [2.45, 2.75) is 6.42 Å². The normalized spacial score (nSPS) is 15.2. The van der Waals surface area contributed by atoms with E-state index in [4.69, 9.17) is 5.73 Å². The standard InChI is InChI=1S/C6H9N5/c1-11-3-2-4-5(11)9-10-6(7)8-4/h2-3H2,1H3,(H2,7,8,10). The third kappa shape index (κ3) is 0.886. The Balaban J connectivity index is 2.50. The molecule has 0 unspecified atom stereocenters. The van der Waals surface area contributed by atoms with Crippen molar-refractivity contribution in [3.8, 4) is 0 Å². The number of likely N-dealkylation sites (N-methyl/N-ethyl adjacent to an activating group) is 1. The SMILES string of the molecule is CN1CCc2nc(N)nnc21. The van der Waals surface area contributed by atoms with Gasteiger partial charge in [-0.3, -0.25) is 0 Å². The molecule has 5 nitrogen and oxygen atoms in total. The maximum absolute atomic E-state index is 5.37. The molecule has 2 N–H and O–H groups in total. The summed E-state index contributed by atoms with van der Waals surface area (Å²) < 4.78 is 0. The fourth-order valence-electron chi connectivity index (χ4n) is 1.21. The third-order valence-electron chi connectivity index (χ3n) is 1.80. The Morgan fingerprint density at radius 3 is 3.09 bits per heavy atom. The summed E-state index contributed by atoms with van der Waals surface area (Å²) in [6.45, 7) is 0.959. The molecule has 1 aliphatic heterocycles. The summed E-state index contributed by atoms with van der Waals surface area (Å²) in [6, 6.07) is 0. The number of fused-ring (bicyclic) bond motifs is 1. The van der Waals surface area contributed by atoms with Crippen molar-refractivity contribution >= 4 is 11.8 Å². The van der Waals surface area contributed by atoms with E-state index in [1.54, 1.807) is 0 Å². The van der Waals surface area contributed by atoms with Crippen LogP contribution in [-0.4, -0.2) is 28.8 Å². The minimum atomic E-state index is 0.263. The fraction of sp³-hybridized carbons (Fsp3) is 0.500. The molecule has 11 heavy (non-hydrogen) atoms. The van der Waals surface area contributed by atoms with Gasteiger partial charge >= 0.3 is 0 Å². The number of anilines is 2. The second-order valence-corrected chi connectivity index (χ2v) is 2.61. The van der Waals surface area contributed by atoms with E-state index in [1.807, 2.05) is 11.9 Å². The van der Waals surface area contributed by atoms with Crippen molar-refractivity contribution in [3.63, 3.8) is 0 Å². The summed E-state index contributed by atoms with van der Waals surface area (Å²) in [7, 11) is 1.97. The molecule has 0 amide bonds. The highest BCUT2D eigenvalue weighted by Crippen LogP contribution is 2.20. The van der Waals surface area contributed by atoms with Crippen LogP contribution in [0, 0.1) is 0 Å². The zero-order valence-corrected chi connectivity index (χ0v) is 6.28. The van der Waals surface area contributed by atoms with Gasteiger partial charge in [-0.15, -0.1) is 10.2 Å². The van der Waals surface area contributed by atoms with Crippen LogP contribution in [0.1, 0.15) is 5.69 Å². The van der Waals surface area contributed by atoms with E-state index in [2.05, 4.69) is 15.2 Å². The molecule has 0 atom stereocenters. The lowest BCUT2D eigenvalue weighted by atomic mass is 10.4. The first-order valence-corrected chi connectivity index (χ1v) is 3.47. The van der Waals surface area contributed by atoms with Crippen molar-refractivity contribution in [1.82, 2.24) is 15.2 Å². The smallest absolute Gasteiger partial charge is 0.240 e. The Bertz CT molecular complexity index is 284. The minimum Gasteiger partial charge on any atom is -0.366 e. The molecule has 0 aromatic carbocycles. The highest BCUT2D eigenvalue weighted by Gasteiger charge is 2.18. The van der Waals surface area contributed by atoms with Crippen molar-refractivity contribution in [1.29, 1.82) is 0 Å².